The first-order valence-corrected chi connectivity index (χ1v) is 8.32. The SMILES string of the molecule is Cc1ccc(OP(=S)(S)S)cc1. The van der Waals surface area contributed by atoms with Crippen LogP contribution in [0.15, 0.2) is 24.3 Å². The molecule has 0 spiro atoms. The Bertz CT molecular complexity index is 303. The van der Waals surface area contributed by atoms with Crippen LogP contribution in [0.3, 0.4) is 0 Å². The second-order valence-corrected chi connectivity index (χ2v) is 11.1. The number of rotatable bonds is 2. The molecule has 0 aromatic heterocycles. The molecule has 12 heavy (non-hydrogen) atoms. The van der Waals surface area contributed by atoms with E-state index in [0.717, 1.165) is 5.75 Å². The summed E-state index contributed by atoms with van der Waals surface area (Å²) in [5.74, 6) is 0.730. The van der Waals surface area contributed by atoms with Gasteiger partial charge in [0.1, 0.15) is 5.75 Å². The highest BCUT2D eigenvalue weighted by atomic mass is 33.2. The van der Waals surface area contributed by atoms with E-state index in [1.807, 2.05) is 31.2 Å². The second kappa shape index (κ2) is 4.05. The molecule has 1 rings (SSSR count). The maximum Gasteiger partial charge on any atom is 0.216 e. The predicted octanol–water partition coefficient (Wildman–Crippen LogP) is 3.46. The van der Waals surface area contributed by atoms with Crippen molar-refractivity contribution in [3.8, 4) is 5.75 Å². The van der Waals surface area contributed by atoms with Gasteiger partial charge in [-0.25, -0.2) is 0 Å². The van der Waals surface area contributed by atoms with Crippen LogP contribution in [0.2, 0.25) is 0 Å². The van der Waals surface area contributed by atoms with Crippen LogP contribution >= 0.6 is 29.2 Å². The zero-order valence-electron chi connectivity index (χ0n) is 6.47. The monoisotopic (exact) mass is 236 g/mol. The van der Waals surface area contributed by atoms with Crippen LogP contribution in [0.25, 0.3) is 0 Å². The minimum atomic E-state index is -2.18. The van der Waals surface area contributed by atoms with Crippen LogP contribution in [0.5, 0.6) is 5.75 Å². The van der Waals surface area contributed by atoms with Gasteiger partial charge >= 0.3 is 0 Å². The summed E-state index contributed by atoms with van der Waals surface area (Å²) in [5.41, 5.74) is 1.19. The minimum Gasteiger partial charge on any atom is -0.449 e. The molecule has 0 N–H and O–H groups in total. The lowest BCUT2D eigenvalue weighted by atomic mass is 10.2. The molecule has 5 heteroatoms. The molecular formula is C7H9OPS3. The van der Waals surface area contributed by atoms with Gasteiger partial charge in [-0.05, 0) is 30.9 Å². The molecule has 0 amide bonds. The van der Waals surface area contributed by atoms with Gasteiger partial charge in [0.2, 0.25) is 4.67 Å². The minimum absolute atomic E-state index is 0.730. The molecule has 1 aromatic carbocycles. The van der Waals surface area contributed by atoms with Gasteiger partial charge in [-0.2, -0.15) is 0 Å². The fraction of sp³-hybridized carbons (Fsp3) is 0.143. The number of aryl methyl sites for hydroxylation is 1. The van der Waals surface area contributed by atoms with E-state index in [-0.39, 0.29) is 0 Å². The molecule has 0 atom stereocenters. The number of benzene rings is 1. The summed E-state index contributed by atoms with van der Waals surface area (Å²) in [4.78, 5) is 0. The quantitative estimate of drug-likeness (QED) is 0.601. The van der Waals surface area contributed by atoms with Crippen molar-refractivity contribution in [2.75, 3.05) is 0 Å². The maximum atomic E-state index is 5.31. The average molecular weight is 236 g/mol. The van der Waals surface area contributed by atoms with E-state index >= 15 is 0 Å². The highest BCUT2D eigenvalue weighted by Crippen LogP contribution is 2.56. The fourth-order valence-electron chi connectivity index (χ4n) is 0.736. The predicted molar refractivity (Wildman–Crippen MR) is 64.1 cm³/mol. The third kappa shape index (κ3) is 3.85. The molecule has 1 nitrogen and oxygen atoms in total. The van der Waals surface area contributed by atoms with Crippen LogP contribution in [0.1, 0.15) is 5.56 Å². The summed E-state index contributed by atoms with van der Waals surface area (Å²) in [5, 5.41) is 0. The van der Waals surface area contributed by atoms with Gasteiger partial charge in [0, 0.05) is 0 Å². The standard InChI is InChI=1S/C7H9OPS3/c1-6-2-4-7(5-3-6)8-9(10,11)12/h2-5H,1H3,(H2,10,11,12). The van der Waals surface area contributed by atoms with Gasteiger partial charge in [-0.15, -0.1) is 0 Å². The highest BCUT2D eigenvalue weighted by Gasteiger charge is 2.05. The Labute approximate surface area is 87.9 Å². The summed E-state index contributed by atoms with van der Waals surface area (Å²) in [6, 6.07) is 7.65. The van der Waals surface area contributed by atoms with Crippen molar-refractivity contribution in [3.63, 3.8) is 0 Å². The number of hydrogen-bond donors (Lipinski definition) is 2. The normalized spacial score (nSPS) is 11.2. The molecule has 66 valence electrons. The Morgan fingerprint density at radius 3 is 2.17 bits per heavy atom. The smallest absolute Gasteiger partial charge is 0.216 e. The highest BCUT2D eigenvalue weighted by molar-refractivity contribution is 8.90. The second-order valence-electron chi connectivity index (χ2n) is 2.39. The molecule has 0 saturated heterocycles. The summed E-state index contributed by atoms with van der Waals surface area (Å²) in [6.45, 7) is 2.02. The van der Waals surface area contributed by atoms with Gasteiger partial charge < -0.3 is 4.52 Å². The van der Waals surface area contributed by atoms with Crippen molar-refractivity contribution in [2.24, 2.45) is 0 Å². The van der Waals surface area contributed by atoms with E-state index in [4.69, 9.17) is 16.3 Å². The van der Waals surface area contributed by atoms with Crippen molar-refractivity contribution in [3.05, 3.63) is 29.8 Å². The van der Waals surface area contributed by atoms with Crippen molar-refractivity contribution in [1.82, 2.24) is 0 Å². The third-order valence-electron chi connectivity index (χ3n) is 1.25. The Hall–Kier alpha value is 0.370. The first kappa shape index (κ1) is 10.5. The number of hydrogen-bond acceptors (Lipinski definition) is 2. The lowest BCUT2D eigenvalue weighted by Gasteiger charge is -2.10. The Kier molecular flexibility index (Phi) is 3.53. The van der Waals surface area contributed by atoms with Crippen LogP contribution < -0.4 is 4.52 Å². The largest absolute Gasteiger partial charge is 0.449 e. The first-order valence-electron chi connectivity index (χ1n) is 3.29. The van der Waals surface area contributed by atoms with Crippen molar-refractivity contribution in [1.29, 1.82) is 0 Å². The fourth-order valence-corrected chi connectivity index (χ4v) is 1.96. The third-order valence-corrected chi connectivity index (χ3v) is 2.41. The average Bonchev–Trinajstić information content (AvgIpc) is 1.91. The van der Waals surface area contributed by atoms with Crippen molar-refractivity contribution < 1.29 is 4.52 Å². The van der Waals surface area contributed by atoms with Crippen LogP contribution in [0, 0.1) is 6.92 Å². The van der Waals surface area contributed by atoms with E-state index in [1.54, 1.807) is 0 Å². The molecule has 0 aliphatic rings. The molecule has 0 unspecified atom stereocenters. The molecular weight excluding hydrogens is 227 g/mol. The molecule has 0 aliphatic carbocycles. The molecule has 0 aliphatic heterocycles. The van der Waals surface area contributed by atoms with Crippen LogP contribution in [-0.4, -0.2) is 0 Å². The van der Waals surface area contributed by atoms with Crippen LogP contribution in [0.4, 0.5) is 0 Å². The molecule has 1 aromatic rings. The Balaban J connectivity index is 2.78. The summed E-state index contributed by atoms with van der Waals surface area (Å²) in [7, 11) is 0. The van der Waals surface area contributed by atoms with Gasteiger partial charge in [0.05, 0.1) is 0 Å². The van der Waals surface area contributed by atoms with Gasteiger partial charge in [0.15, 0.2) is 0 Å². The van der Waals surface area contributed by atoms with E-state index in [2.05, 4.69) is 24.5 Å². The van der Waals surface area contributed by atoms with E-state index in [0.29, 0.717) is 0 Å². The summed E-state index contributed by atoms with van der Waals surface area (Å²) in [6.07, 6.45) is 0. The zero-order valence-corrected chi connectivity index (χ0v) is 9.97. The van der Waals surface area contributed by atoms with Gasteiger partial charge in [-0.3, -0.25) is 0 Å². The molecule has 0 bridgehead atoms. The molecule has 0 fully saturated rings. The number of thiol groups is 2. The first-order chi connectivity index (χ1) is 5.47. The van der Waals surface area contributed by atoms with Crippen molar-refractivity contribution >= 4 is 41.0 Å². The van der Waals surface area contributed by atoms with E-state index in [1.165, 1.54) is 5.56 Å². The van der Waals surface area contributed by atoms with E-state index in [9.17, 15) is 0 Å². The molecule has 0 radical (unpaired) electrons. The molecule has 0 saturated carbocycles. The lowest BCUT2D eigenvalue weighted by molar-refractivity contribution is 0.638. The van der Waals surface area contributed by atoms with Gasteiger partial charge in [-0.1, -0.05) is 42.2 Å². The molecule has 0 heterocycles. The van der Waals surface area contributed by atoms with Gasteiger partial charge in [0.25, 0.3) is 0 Å². The topological polar surface area (TPSA) is 9.23 Å². The lowest BCUT2D eigenvalue weighted by Crippen LogP contribution is -1.80. The van der Waals surface area contributed by atoms with Crippen LogP contribution in [-0.2, 0) is 11.8 Å². The van der Waals surface area contributed by atoms with E-state index < -0.39 is 4.67 Å². The van der Waals surface area contributed by atoms with Crippen molar-refractivity contribution in [2.45, 2.75) is 6.92 Å². The Morgan fingerprint density at radius 1 is 1.25 bits per heavy atom. The zero-order chi connectivity index (χ0) is 9.19. The summed E-state index contributed by atoms with van der Waals surface area (Å²) < 4.78 is 3.13. The Morgan fingerprint density at radius 2 is 1.75 bits per heavy atom. The maximum absolute atomic E-state index is 5.31. The summed E-state index contributed by atoms with van der Waals surface area (Å²) >= 11 is 13.0.